The molecule has 0 spiro atoms. The molecule has 1 aromatic heterocycles. The van der Waals surface area contributed by atoms with Crippen molar-refractivity contribution in [2.45, 2.75) is 18.9 Å². The Kier molecular flexibility index (Phi) is 4.33. The summed E-state index contributed by atoms with van der Waals surface area (Å²) in [7, 11) is 0. The summed E-state index contributed by atoms with van der Waals surface area (Å²) in [6.45, 7) is 4.33. The second kappa shape index (κ2) is 6.59. The van der Waals surface area contributed by atoms with E-state index in [9.17, 15) is 0 Å². The van der Waals surface area contributed by atoms with Gasteiger partial charge in [-0.05, 0) is 24.1 Å². The molecule has 0 radical (unpaired) electrons. The van der Waals surface area contributed by atoms with Crippen molar-refractivity contribution < 1.29 is 0 Å². The monoisotopic (exact) mass is 346 g/mol. The minimum Gasteiger partial charge on any atom is -0.345 e. The summed E-state index contributed by atoms with van der Waals surface area (Å²) in [5.74, 6) is 0. The molecule has 4 rings (SSSR count). The number of rotatable bonds is 4. The van der Waals surface area contributed by atoms with Gasteiger partial charge in [-0.25, -0.2) is 0 Å². The lowest BCUT2D eigenvalue weighted by molar-refractivity contribution is 0.271. The van der Waals surface area contributed by atoms with Gasteiger partial charge >= 0.3 is 0 Å². The lowest BCUT2D eigenvalue weighted by Crippen LogP contribution is -2.35. The van der Waals surface area contributed by atoms with E-state index in [0.29, 0.717) is 6.04 Å². The fourth-order valence-electron chi connectivity index (χ4n) is 3.23. The number of benzene rings is 1. The van der Waals surface area contributed by atoms with Gasteiger partial charge < -0.3 is 4.90 Å². The first-order valence-corrected chi connectivity index (χ1v) is 9.18. The van der Waals surface area contributed by atoms with Gasteiger partial charge in [0.15, 0.2) is 0 Å². The molecule has 6 heteroatoms. The first-order valence-electron chi connectivity index (χ1n) is 7.99. The quantitative estimate of drug-likeness (QED) is 0.796. The number of nitrogens with zero attached hydrogens (tertiary/aromatic N) is 4. The van der Waals surface area contributed by atoms with E-state index in [-0.39, 0.29) is 0 Å². The highest BCUT2D eigenvalue weighted by molar-refractivity contribution is 7.15. The van der Waals surface area contributed by atoms with Crippen LogP contribution < -0.4 is 4.90 Å². The fourth-order valence-corrected chi connectivity index (χ4v) is 4.26. The standard InChI is InChI=1S/C17H19ClN4S/c18-14-5-3-13(4-6-14)11-16-19-20-17(23-16)22-10-7-15(12-22)21-8-1-2-9-21/h1-6,15H,7-12H2. The molecule has 1 aromatic carbocycles. The van der Waals surface area contributed by atoms with Crippen LogP contribution in [-0.4, -0.2) is 47.3 Å². The highest BCUT2D eigenvalue weighted by atomic mass is 35.5. The smallest absolute Gasteiger partial charge is 0.208 e. The Bertz CT molecular complexity index is 689. The van der Waals surface area contributed by atoms with Gasteiger partial charge in [-0.2, -0.15) is 0 Å². The maximum atomic E-state index is 5.93. The summed E-state index contributed by atoms with van der Waals surface area (Å²) in [5, 5.41) is 11.7. The van der Waals surface area contributed by atoms with Gasteiger partial charge in [-0.1, -0.05) is 47.2 Å². The van der Waals surface area contributed by atoms with Crippen LogP contribution in [0.4, 0.5) is 5.13 Å². The van der Waals surface area contributed by atoms with E-state index in [4.69, 9.17) is 11.6 Å². The third-order valence-corrected chi connectivity index (χ3v) is 5.76. The highest BCUT2D eigenvalue weighted by Crippen LogP contribution is 2.28. The number of halogens is 1. The molecule has 0 aliphatic carbocycles. The fraction of sp³-hybridized carbons (Fsp3) is 0.412. The van der Waals surface area contributed by atoms with Gasteiger partial charge in [0.1, 0.15) is 5.01 Å². The van der Waals surface area contributed by atoms with Crippen LogP contribution in [0.1, 0.15) is 17.0 Å². The molecule has 0 N–H and O–H groups in total. The van der Waals surface area contributed by atoms with Crippen molar-refractivity contribution >= 4 is 28.1 Å². The first kappa shape index (κ1) is 15.1. The van der Waals surface area contributed by atoms with Gasteiger partial charge in [-0.3, -0.25) is 4.90 Å². The molecule has 1 fully saturated rings. The summed E-state index contributed by atoms with van der Waals surface area (Å²) in [5.41, 5.74) is 1.22. The molecule has 4 nitrogen and oxygen atoms in total. The van der Waals surface area contributed by atoms with Gasteiger partial charge in [0, 0.05) is 43.7 Å². The zero-order chi connectivity index (χ0) is 15.6. The summed E-state index contributed by atoms with van der Waals surface area (Å²) in [6, 6.07) is 8.60. The Labute approximate surface area is 145 Å². The molecule has 2 aliphatic heterocycles. The van der Waals surface area contributed by atoms with Crippen LogP contribution in [0.25, 0.3) is 0 Å². The Morgan fingerprint density at radius 1 is 1.13 bits per heavy atom. The molecule has 3 heterocycles. The molecule has 1 unspecified atom stereocenters. The molecule has 0 saturated carbocycles. The number of anilines is 1. The van der Waals surface area contributed by atoms with Gasteiger partial charge in [-0.15, -0.1) is 10.2 Å². The molecule has 0 bridgehead atoms. The van der Waals surface area contributed by atoms with Crippen LogP contribution >= 0.6 is 22.9 Å². The zero-order valence-corrected chi connectivity index (χ0v) is 14.4. The van der Waals surface area contributed by atoms with Crippen molar-refractivity contribution in [3.8, 4) is 0 Å². The maximum absolute atomic E-state index is 5.93. The predicted octanol–water partition coefficient (Wildman–Crippen LogP) is 3.23. The summed E-state index contributed by atoms with van der Waals surface area (Å²) < 4.78 is 0. The second-order valence-electron chi connectivity index (χ2n) is 6.10. The van der Waals surface area contributed by atoms with E-state index in [0.717, 1.165) is 47.8 Å². The van der Waals surface area contributed by atoms with Crippen LogP contribution in [-0.2, 0) is 6.42 Å². The number of hydrogen-bond acceptors (Lipinski definition) is 5. The number of aromatic nitrogens is 2. The van der Waals surface area contributed by atoms with Crippen molar-refractivity contribution in [1.82, 2.24) is 15.1 Å². The van der Waals surface area contributed by atoms with E-state index in [1.54, 1.807) is 11.3 Å². The molecule has 2 aliphatic rings. The lowest BCUT2D eigenvalue weighted by atomic mass is 10.2. The molecule has 1 atom stereocenters. The minimum atomic E-state index is 0.647. The van der Waals surface area contributed by atoms with Crippen molar-refractivity contribution in [1.29, 1.82) is 0 Å². The minimum absolute atomic E-state index is 0.647. The second-order valence-corrected chi connectivity index (χ2v) is 7.57. The van der Waals surface area contributed by atoms with Crippen molar-refractivity contribution in [2.24, 2.45) is 0 Å². The summed E-state index contributed by atoms with van der Waals surface area (Å²) in [4.78, 5) is 4.92. The first-order chi connectivity index (χ1) is 11.3. The molecule has 23 heavy (non-hydrogen) atoms. The van der Waals surface area contributed by atoms with E-state index in [2.05, 4.69) is 44.3 Å². The molecular formula is C17H19ClN4S. The number of hydrogen-bond donors (Lipinski definition) is 0. The summed E-state index contributed by atoms with van der Waals surface area (Å²) in [6.07, 6.45) is 6.56. The van der Waals surface area contributed by atoms with Crippen LogP contribution in [0.2, 0.25) is 5.02 Å². The largest absolute Gasteiger partial charge is 0.345 e. The Morgan fingerprint density at radius 3 is 2.70 bits per heavy atom. The van der Waals surface area contributed by atoms with E-state index < -0.39 is 0 Å². The van der Waals surface area contributed by atoms with Crippen LogP contribution in [0.3, 0.4) is 0 Å². The van der Waals surface area contributed by atoms with Gasteiger partial charge in [0.05, 0.1) is 0 Å². The molecule has 2 aromatic rings. The predicted molar refractivity (Wildman–Crippen MR) is 95.5 cm³/mol. The highest BCUT2D eigenvalue weighted by Gasteiger charge is 2.29. The SMILES string of the molecule is Clc1ccc(Cc2nnc(N3CCC(N4CC=CC4)C3)s2)cc1. The zero-order valence-electron chi connectivity index (χ0n) is 12.9. The van der Waals surface area contributed by atoms with E-state index >= 15 is 0 Å². The Balaban J connectivity index is 1.39. The molecule has 0 amide bonds. The van der Waals surface area contributed by atoms with Crippen molar-refractivity contribution in [3.05, 3.63) is 52.0 Å². The Hall–Kier alpha value is -1.43. The van der Waals surface area contributed by atoms with E-state index in [1.807, 2.05) is 12.1 Å². The summed E-state index contributed by atoms with van der Waals surface area (Å²) >= 11 is 7.64. The van der Waals surface area contributed by atoms with Crippen molar-refractivity contribution in [2.75, 3.05) is 31.1 Å². The van der Waals surface area contributed by atoms with Crippen LogP contribution in [0, 0.1) is 0 Å². The molecular weight excluding hydrogens is 328 g/mol. The van der Waals surface area contributed by atoms with E-state index in [1.165, 1.54) is 12.0 Å². The maximum Gasteiger partial charge on any atom is 0.208 e. The van der Waals surface area contributed by atoms with Crippen LogP contribution in [0.15, 0.2) is 36.4 Å². The topological polar surface area (TPSA) is 32.3 Å². The van der Waals surface area contributed by atoms with Gasteiger partial charge in [0.25, 0.3) is 0 Å². The normalized spacial score (nSPS) is 21.4. The third kappa shape index (κ3) is 3.42. The van der Waals surface area contributed by atoms with Crippen LogP contribution in [0.5, 0.6) is 0 Å². The van der Waals surface area contributed by atoms with Gasteiger partial charge in [0.2, 0.25) is 5.13 Å². The molecule has 1 saturated heterocycles. The Morgan fingerprint density at radius 2 is 1.91 bits per heavy atom. The third-order valence-electron chi connectivity index (χ3n) is 4.52. The average molecular weight is 347 g/mol. The molecule has 120 valence electrons. The van der Waals surface area contributed by atoms with Crippen molar-refractivity contribution in [3.63, 3.8) is 0 Å². The average Bonchev–Trinajstić information content (AvgIpc) is 3.30. The lowest BCUT2D eigenvalue weighted by Gasteiger charge is -2.23.